The van der Waals surface area contributed by atoms with E-state index in [1.54, 1.807) is 6.07 Å². The van der Waals surface area contributed by atoms with Gasteiger partial charge >= 0.3 is 0 Å². The van der Waals surface area contributed by atoms with E-state index in [9.17, 15) is 11.0 Å². The number of aromatic amines is 1. The van der Waals surface area contributed by atoms with Crippen LogP contribution in [0.15, 0.2) is 42.4 Å². The van der Waals surface area contributed by atoms with Crippen molar-refractivity contribution in [2.75, 3.05) is 20.3 Å². The average molecular weight is 396 g/mol. The van der Waals surface area contributed by atoms with E-state index in [0.717, 1.165) is 4.90 Å². The molecular formula is C22H19N3O4. The number of rotatable bonds is 1. The lowest BCUT2D eigenvalue weighted by molar-refractivity contribution is -0.157. The summed E-state index contributed by atoms with van der Waals surface area (Å²) in [5, 5.41) is 0.129. The third-order valence-electron chi connectivity index (χ3n) is 5.47. The number of nitrogens with one attached hydrogen (secondary N) is 1. The van der Waals surface area contributed by atoms with Crippen molar-refractivity contribution in [2.24, 2.45) is 0 Å². The molecule has 146 valence electrons. The molecule has 29 heavy (non-hydrogen) atoms. The van der Waals surface area contributed by atoms with Crippen molar-refractivity contribution in [3.63, 3.8) is 0 Å². The molecule has 2 atom stereocenters. The third-order valence-corrected chi connectivity index (χ3v) is 5.47. The number of fused-ring (bicyclic) bond motifs is 5. The first-order valence-electron chi connectivity index (χ1n) is 12.5. The van der Waals surface area contributed by atoms with E-state index in [1.807, 2.05) is 0 Å². The summed E-state index contributed by atoms with van der Waals surface area (Å²) in [5.41, 5.74) is 0.560. The zero-order valence-corrected chi connectivity index (χ0v) is 15.3. The maximum absolute atomic E-state index is 13.6. The van der Waals surface area contributed by atoms with Crippen molar-refractivity contribution in [1.29, 1.82) is 0 Å². The lowest BCUT2D eigenvalue weighted by Crippen LogP contribution is -2.62. The third kappa shape index (κ3) is 2.24. The molecule has 0 unspecified atom stereocenters. The van der Waals surface area contributed by atoms with Crippen LogP contribution < -0.4 is 9.47 Å². The van der Waals surface area contributed by atoms with Crippen molar-refractivity contribution in [3.05, 3.63) is 59.2 Å². The molecule has 0 aliphatic carbocycles. The fraction of sp³-hybridized carbons (Fsp3) is 0.273. The van der Waals surface area contributed by atoms with Crippen LogP contribution in [0, 0.1) is 0 Å². The molecule has 0 spiro atoms. The largest absolute Gasteiger partial charge is 0.454 e. The quantitative estimate of drug-likeness (QED) is 0.684. The molecule has 0 saturated carbocycles. The number of likely N-dealkylation sites (N-methyl/N-ethyl adjacent to an activating group) is 1. The van der Waals surface area contributed by atoms with Crippen LogP contribution in [0.4, 0.5) is 0 Å². The van der Waals surface area contributed by atoms with Crippen LogP contribution in [0.2, 0.25) is 0 Å². The number of nitrogens with zero attached hydrogens (tertiary/aromatic N) is 2. The molecule has 1 aromatic heterocycles. The van der Waals surface area contributed by atoms with Gasteiger partial charge in [0.1, 0.15) is 6.04 Å². The van der Waals surface area contributed by atoms with E-state index < -0.39 is 42.5 Å². The molecule has 7 nitrogen and oxygen atoms in total. The second-order valence-corrected chi connectivity index (χ2v) is 7.05. The Kier molecular flexibility index (Phi) is 2.17. The Labute approximate surface area is 176 Å². The molecular weight excluding hydrogens is 370 g/mol. The molecule has 1 N–H and O–H groups in total. The first-order chi connectivity index (χ1) is 16.9. The van der Waals surface area contributed by atoms with Gasteiger partial charge in [0, 0.05) is 30.1 Å². The summed E-state index contributed by atoms with van der Waals surface area (Å²) in [5.74, 6) is -1.09. The molecule has 4 heterocycles. The van der Waals surface area contributed by atoms with Gasteiger partial charge < -0.3 is 24.3 Å². The Hall–Kier alpha value is -3.48. The summed E-state index contributed by atoms with van der Waals surface area (Å²) >= 11 is 0. The highest BCUT2D eigenvalue weighted by molar-refractivity contribution is 5.97. The fourth-order valence-corrected chi connectivity index (χ4v) is 4.17. The number of piperazine rings is 1. The number of para-hydroxylation sites is 1. The highest BCUT2D eigenvalue weighted by atomic mass is 16.7. The summed E-state index contributed by atoms with van der Waals surface area (Å²) in [4.78, 5) is 31.5. The summed E-state index contributed by atoms with van der Waals surface area (Å²) < 4.78 is 70.2. The van der Waals surface area contributed by atoms with Crippen molar-refractivity contribution < 1.29 is 28.7 Å². The second kappa shape index (κ2) is 5.76. The molecule has 2 amide bonds. The Morgan fingerprint density at radius 3 is 2.97 bits per heavy atom. The standard InChI is InChI=1S/C22H19N3O4/c1-24-10-19(26)25-16(22(24)27)9-14-13-4-2-3-5-15(13)23-20(14)21(25)12-6-7-17-18(8-12)29-11-28-17/h2-8,16,21,23H,9-11H2,1H3/t16-,21-/m1/s1/i2D,3D,4D,5D,10D2,21D. The number of amides is 2. The average Bonchev–Trinajstić information content (AvgIpc) is 3.48. The van der Waals surface area contributed by atoms with Crippen molar-refractivity contribution in [3.8, 4) is 11.5 Å². The van der Waals surface area contributed by atoms with Crippen LogP contribution in [0.3, 0.4) is 0 Å². The highest BCUT2D eigenvalue weighted by Crippen LogP contribution is 2.44. The molecule has 2 aromatic carbocycles. The van der Waals surface area contributed by atoms with Crippen molar-refractivity contribution >= 4 is 22.7 Å². The van der Waals surface area contributed by atoms with E-state index >= 15 is 0 Å². The van der Waals surface area contributed by atoms with Crippen LogP contribution in [0.5, 0.6) is 11.5 Å². The molecule has 1 fully saturated rings. The van der Waals surface area contributed by atoms with E-state index in [4.69, 9.17) is 17.7 Å². The first kappa shape index (κ1) is 10.9. The van der Waals surface area contributed by atoms with Gasteiger partial charge in [-0.3, -0.25) is 9.59 Å². The van der Waals surface area contributed by atoms with Crippen LogP contribution in [-0.4, -0.2) is 53.0 Å². The smallest absolute Gasteiger partial charge is 0.245 e. The fourth-order valence-electron chi connectivity index (χ4n) is 4.17. The van der Waals surface area contributed by atoms with Gasteiger partial charge in [-0.1, -0.05) is 24.2 Å². The number of carbonyl (C=O) groups excluding carboxylic acids is 2. The molecule has 3 aliphatic heterocycles. The highest BCUT2D eigenvalue weighted by Gasteiger charge is 2.47. The monoisotopic (exact) mass is 396 g/mol. The van der Waals surface area contributed by atoms with Gasteiger partial charge in [-0.15, -0.1) is 0 Å². The molecule has 6 rings (SSSR count). The lowest BCUT2D eigenvalue weighted by Gasteiger charge is -2.46. The van der Waals surface area contributed by atoms with E-state index in [0.29, 0.717) is 22.0 Å². The van der Waals surface area contributed by atoms with Gasteiger partial charge in [0.05, 0.1) is 22.1 Å². The van der Waals surface area contributed by atoms with Crippen LogP contribution in [0.1, 0.15) is 32.4 Å². The topological polar surface area (TPSA) is 74.9 Å². The normalized spacial score (nSPS) is 30.5. The summed E-state index contributed by atoms with van der Waals surface area (Å²) in [6.45, 7) is -2.76. The van der Waals surface area contributed by atoms with Gasteiger partial charge in [0.25, 0.3) is 0 Å². The summed E-state index contributed by atoms with van der Waals surface area (Å²) in [7, 11) is 1.18. The molecule has 0 radical (unpaired) electrons. The summed E-state index contributed by atoms with van der Waals surface area (Å²) in [6, 6.07) is -0.540. The Morgan fingerprint density at radius 2 is 2.07 bits per heavy atom. The number of aromatic nitrogens is 1. The predicted octanol–water partition coefficient (Wildman–Crippen LogP) is 2.21. The second-order valence-electron chi connectivity index (χ2n) is 7.05. The summed E-state index contributed by atoms with van der Waals surface area (Å²) in [6.07, 6.45) is -0.159. The van der Waals surface area contributed by atoms with Gasteiger partial charge in [-0.25, -0.2) is 0 Å². The molecule has 0 bridgehead atoms. The minimum absolute atomic E-state index is 0.0402. The minimum Gasteiger partial charge on any atom is -0.454 e. The Bertz CT molecular complexity index is 1520. The maximum Gasteiger partial charge on any atom is 0.245 e. The first-order valence-corrected chi connectivity index (χ1v) is 9.03. The van der Waals surface area contributed by atoms with Crippen molar-refractivity contribution in [2.45, 2.75) is 18.5 Å². The molecule has 3 aromatic rings. The van der Waals surface area contributed by atoms with Gasteiger partial charge in [-0.2, -0.15) is 0 Å². The molecule has 3 aliphatic rings. The number of benzene rings is 2. The Morgan fingerprint density at radius 1 is 1.24 bits per heavy atom. The van der Waals surface area contributed by atoms with Crippen LogP contribution >= 0.6 is 0 Å². The number of hydrogen-bond acceptors (Lipinski definition) is 4. The number of carbonyl (C=O) groups is 2. The number of H-pyrrole nitrogens is 1. The van der Waals surface area contributed by atoms with E-state index in [-0.39, 0.29) is 47.5 Å². The van der Waals surface area contributed by atoms with Gasteiger partial charge in [0.2, 0.25) is 18.6 Å². The number of ether oxygens (including phenoxy) is 2. The number of hydrogen-bond donors (Lipinski definition) is 1. The molecule has 1 saturated heterocycles. The van der Waals surface area contributed by atoms with E-state index in [1.165, 1.54) is 19.2 Å². The van der Waals surface area contributed by atoms with Gasteiger partial charge in [0.15, 0.2) is 11.5 Å². The Balaban J connectivity index is 1.72. The van der Waals surface area contributed by atoms with E-state index in [2.05, 4.69) is 4.98 Å². The zero-order valence-electron chi connectivity index (χ0n) is 22.3. The van der Waals surface area contributed by atoms with Crippen molar-refractivity contribution in [1.82, 2.24) is 14.8 Å². The van der Waals surface area contributed by atoms with Crippen LogP contribution in [-0.2, 0) is 16.0 Å². The van der Waals surface area contributed by atoms with Gasteiger partial charge in [-0.05, 0) is 29.3 Å². The minimum atomic E-state index is -2.72. The SMILES string of the molecule is [2H]c1c([2H])c([2H])c2c3c([nH]c2c1[2H])[C@@]([2H])(c1ccc2c(c1)OCO2)N1C(=O)C([2H])([2H])N(C)C(=O)[C@H]1C3. The maximum atomic E-state index is 13.6. The predicted molar refractivity (Wildman–Crippen MR) is 105 cm³/mol. The zero-order chi connectivity index (χ0) is 25.9. The van der Waals surface area contributed by atoms with Crippen LogP contribution in [0.25, 0.3) is 10.9 Å². The lowest BCUT2D eigenvalue weighted by atomic mass is 9.86. The molecule has 7 heteroatoms.